The first kappa shape index (κ1) is 15.5. The molecule has 0 saturated carbocycles. The van der Waals surface area contributed by atoms with E-state index in [0.29, 0.717) is 0 Å². The maximum absolute atomic E-state index is 10.8. The number of thiazole rings is 1. The van der Waals surface area contributed by atoms with E-state index in [1.54, 1.807) is 0 Å². The van der Waals surface area contributed by atoms with Crippen molar-refractivity contribution < 1.29 is 10.0 Å². The van der Waals surface area contributed by atoms with Gasteiger partial charge in [-0.25, -0.2) is 4.98 Å². The molecule has 0 bridgehead atoms. The summed E-state index contributed by atoms with van der Waals surface area (Å²) in [6.45, 7) is 1.98. The van der Waals surface area contributed by atoms with Crippen LogP contribution in [0.1, 0.15) is 27.6 Å². The molecule has 6 heteroatoms. The zero-order valence-electron chi connectivity index (χ0n) is 14.2. The van der Waals surface area contributed by atoms with Crippen molar-refractivity contribution in [3.8, 4) is 5.88 Å². The normalized spacial score (nSPS) is 17.9. The van der Waals surface area contributed by atoms with E-state index >= 15 is 0 Å². The summed E-state index contributed by atoms with van der Waals surface area (Å²) in [5.74, 6) is 0.211. The number of hydrogen-bond donors (Lipinski definition) is 2. The minimum absolute atomic E-state index is 0.0676. The topological polar surface area (TPSA) is 54.9 Å². The number of aromatic nitrogens is 3. The van der Waals surface area contributed by atoms with E-state index in [2.05, 4.69) is 58.6 Å². The van der Waals surface area contributed by atoms with Crippen LogP contribution >= 0.6 is 11.3 Å². The van der Waals surface area contributed by atoms with Gasteiger partial charge in [0, 0.05) is 17.5 Å². The molecule has 0 spiro atoms. The molecular weight excluding hydrogens is 344 g/mol. The minimum atomic E-state index is 0.0676. The summed E-state index contributed by atoms with van der Waals surface area (Å²) in [5.41, 5.74) is 4.05. The van der Waals surface area contributed by atoms with Crippen LogP contribution in [0, 0.1) is 0 Å². The molecule has 0 fully saturated rings. The van der Waals surface area contributed by atoms with E-state index in [9.17, 15) is 5.11 Å². The van der Waals surface area contributed by atoms with Crippen molar-refractivity contribution in [3.63, 3.8) is 0 Å². The second kappa shape index (κ2) is 6.23. The van der Waals surface area contributed by atoms with E-state index in [-0.39, 0.29) is 11.9 Å². The van der Waals surface area contributed by atoms with Crippen molar-refractivity contribution in [2.75, 3.05) is 6.54 Å². The van der Waals surface area contributed by atoms with Crippen LogP contribution in [0.2, 0.25) is 0 Å². The summed E-state index contributed by atoms with van der Waals surface area (Å²) < 4.78 is 1.53. The zero-order valence-corrected chi connectivity index (χ0v) is 15.0. The Morgan fingerprint density at radius 2 is 1.81 bits per heavy atom. The Balaban J connectivity index is 1.61. The highest BCUT2D eigenvalue weighted by Crippen LogP contribution is 2.35. The SMILES string of the molecule is Oc1c([C@H](c2ccccc2)[NH+]2CCc3ccccc3C2)sc2ncnn12. The fourth-order valence-electron chi connectivity index (χ4n) is 3.95. The molecule has 2 N–H and O–H groups in total. The quantitative estimate of drug-likeness (QED) is 0.587. The van der Waals surface area contributed by atoms with E-state index in [0.717, 1.165) is 29.3 Å². The lowest BCUT2D eigenvalue weighted by molar-refractivity contribution is -0.940. The second-order valence-electron chi connectivity index (χ2n) is 6.69. The van der Waals surface area contributed by atoms with Crippen molar-refractivity contribution in [3.05, 3.63) is 82.5 Å². The highest BCUT2D eigenvalue weighted by molar-refractivity contribution is 7.17. The van der Waals surface area contributed by atoms with Crippen LogP contribution < -0.4 is 4.90 Å². The van der Waals surface area contributed by atoms with E-state index < -0.39 is 0 Å². The largest absolute Gasteiger partial charge is 0.492 e. The fourth-order valence-corrected chi connectivity index (χ4v) is 5.06. The maximum atomic E-state index is 10.8. The summed E-state index contributed by atoms with van der Waals surface area (Å²) >= 11 is 1.53. The van der Waals surface area contributed by atoms with Gasteiger partial charge in [0.05, 0.1) is 6.54 Å². The molecule has 0 aliphatic carbocycles. The number of aromatic hydroxyl groups is 1. The summed E-state index contributed by atoms with van der Waals surface area (Å²) in [7, 11) is 0. The van der Waals surface area contributed by atoms with E-state index in [1.807, 2.05) is 6.07 Å². The molecule has 2 aromatic heterocycles. The van der Waals surface area contributed by atoms with E-state index in [1.165, 1.54) is 43.8 Å². The number of fused-ring (bicyclic) bond motifs is 2. The second-order valence-corrected chi connectivity index (χ2v) is 7.70. The lowest BCUT2D eigenvalue weighted by atomic mass is 9.96. The number of quaternary nitrogens is 1. The van der Waals surface area contributed by atoms with Crippen molar-refractivity contribution in [1.82, 2.24) is 14.6 Å². The molecule has 5 rings (SSSR count). The molecule has 3 heterocycles. The summed E-state index contributed by atoms with van der Waals surface area (Å²) in [6, 6.07) is 19.2. The highest BCUT2D eigenvalue weighted by Gasteiger charge is 2.34. The molecule has 1 unspecified atom stereocenters. The van der Waals surface area contributed by atoms with Gasteiger partial charge in [0.25, 0.3) is 0 Å². The smallest absolute Gasteiger partial charge is 0.235 e. The lowest BCUT2D eigenvalue weighted by Crippen LogP contribution is -3.12. The van der Waals surface area contributed by atoms with Gasteiger partial charge in [0.2, 0.25) is 10.8 Å². The third-order valence-corrected chi connectivity index (χ3v) is 6.29. The summed E-state index contributed by atoms with van der Waals surface area (Å²) in [4.78, 5) is 7.36. The van der Waals surface area contributed by atoms with Crippen molar-refractivity contribution in [2.24, 2.45) is 0 Å². The number of nitrogens with zero attached hydrogens (tertiary/aromatic N) is 3. The van der Waals surface area contributed by atoms with Crippen LogP contribution in [0.5, 0.6) is 5.88 Å². The van der Waals surface area contributed by atoms with Crippen molar-refractivity contribution in [2.45, 2.75) is 19.0 Å². The molecule has 4 aromatic rings. The molecule has 1 aliphatic rings. The fraction of sp³-hybridized carbons (Fsp3) is 0.200. The third kappa shape index (κ3) is 2.50. The first-order valence-electron chi connectivity index (χ1n) is 8.79. The average molecular weight is 363 g/mol. The van der Waals surface area contributed by atoms with Gasteiger partial charge in [-0.2, -0.15) is 9.61 Å². The number of rotatable bonds is 3. The van der Waals surface area contributed by atoms with Crippen LogP contribution in [-0.4, -0.2) is 26.2 Å². The molecule has 0 saturated heterocycles. The predicted octanol–water partition coefficient (Wildman–Crippen LogP) is 2.23. The summed E-state index contributed by atoms with van der Waals surface area (Å²) in [6.07, 6.45) is 2.53. The van der Waals surface area contributed by atoms with Gasteiger partial charge in [-0.3, -0.25) is 0 Å². The molecule has 0 amide bonds. The Bertz CT molecular complexity index is 1060. The molecular formula is C20H19N4OS+. The highest BCUT2D eigenvalue weighted by atomic mass is 32.1. The Hall–Kier alpha value is -2.70. The maximum Gasteiger partial charge on any atom is 0.235 e. The number of nitrogens with one attached hydrogen (secondary N) is 1. The van der Waals surface area contributed by atoms with Crippen LogP contribution in [0.4, 0.5) is 0 Å². The molecule has 130 valence electrons. The Kier molecular flexibility index (Phi) is 3.72. The van der Waals surface area contributed by atoms with Crippen LogP contribution in [0.15, 0.2) is 60.9 Å². The zero-order chi connectivity index (χ0) is 17.5. The number of benzene rings is 2. The first-order valence-corrected chi connectivity index (χ1v) is 9.60. The van der Waals surface area contributed by atoms with Crippen LogP contribution in [0.3, 0.4) is 0 Å². The predicted molar refractivity (Wildman–Crippen MR) is 100 cm³/mol. The molecule has 26 heavy (non-hydrogen) atoms. The molecule has 2 atom stereocenters. The van der Waals surface area contributed by atoms with Crippen molar-refractivity contribution in [1.29, 1.82) is 0 Å². The van der Waals surface area contributed by atoms with Crippen LogP contribution in [-0.2, 0) is 13.0 Å². The number of hydrogen-bond acceptors (Lipinski definition) is 4. The third-order valence-electron chi connectivity index (χ3n) is 5.19. The van der Waals surface area contributed by atoms with Crippen molar-refractivity contribution >= 4 is 16.3 Å². The van der Waals surface area contributed by atoms with Crippen LogP contribution in [0.25, 0.3) is 4.96 Å². The van der Waals surface area contributed by atoms with Gasteiger partial charge in [0.15, 0.2) is 6.04 Å². The average Bonchev–Trinajstić information content (AvgIpc) is 3.27. The Labute approximate surface area is 155 Å². The summed E-state index contributed by atoms with van der Waals surface area (Å²) in [5, 5.41) is 14.9. The monoisotopic (exact) mass is 363 g/mol. The minimum Gasteiger partial charge on any atom is -0.492 e. The van der Waals surface area contributed by atoms with Gasteiger partial charge >= 0.3 is 0 Å². The lowest BCUT2D eigenvalue weighted by Gasteiger charge is -2.32. The van der Waals surface area contributed by atoms with Gasteiger partial charge in [0.1, 0.15) is 17.7 Å². The Morgan fingerprint density at radius 1 is 1.04 bits per heavy atom. The molecule has 1 aliphatic heterocycles. The molecule has 0 radical (unpaired) electrons. The van der Waals surface area contributed by atoms with Gasteiger partial charge in [-0.05, 0) is 5.56 Å². The first-order chi connectivity index (χ1) is 12.8. The van der Waals surface area contributed by atoms with E-state index in [4.69, 9.17) is 0 Å². The van der Waals surface area contributed by atoms with Gasteiger partial charge in [-0.15, -0.1) is 0 Å². The molecule has 5 nitrogen and oxygen atoms in total. The standard InChI is InChI=1S/C20H18N4OS/c25-19-18(26-20-21-13-22-24(19)20)17(15-7-2-1-3-8-15)23-11-10-14-6-4-5-9-16(14)12-23/h1-9,13,17,25H,10-12H2/p+1/t17-/m0/s1. The van der Waals surface area contributed by atoms with Gasteiger partial charge < -0.3 is 10.0 Å². The van der Waals surface area contributed by atoms with Gasteiger partial charge in [-0.1, -0.05) is 65.9 Å². The molecule has 2 aromatic carbocycles. The Morgan fingerprint density at radius 3 is 2.62 bits per heavy atom.